The number of aromatic nitrogens is 5. The SMILES string of the molecule is Cc1nc2nc(Nc3cc4n(n3)CCOC4)cc(Nc3ccc([C@H]4CCCCO4)cc3S(C)(=O)=O)c2[nH]1. The van der Waals surface area contributed by atoms with Gasteiger partial charge in [0.15, 0.2) is 21.3 Å². The number of ether oxygens (including phenoxy) is 2. The zero-order valence-corrected chi connectivity index (χ0v) is 21.6. The predicted octanol–water partition coefficient (Wildman–Crippen LogP) is 4.13. The number of fused-ring (bicyclic) bond motifs is 2. The zero-order chi connectivity index (χ0) is 25.6. The van der Waals surface area contributed by atoms with Crippen molar-refractivity contribution in [3.05, 3.63) is 47.4 Å². The molecule has 5 heterocycles. The van der Waals surface area contributed by atoms with E-state index in [9.17, 15) is 8.42 Å². The Balaban J connectivity index is 1.37. The lowest BCUT2D eigenvalue weighted by Gasteiger charge is -2.24. The fraction of sp³-hybridized carbons (Fsp3) is 0.400. The molecule has 1 fully saturated rings. The molecular formula is C25H29N7O4S. The van der Waals surface area contributed by atoms with Gasteiger partial charge in [-0.15, -0.1) is 0 Å². The van der Waals surface area contributed by atoms with E-state index in [1.54, 1.807) is 12.1 Å². The first-order valence-corrected chi connectivity index (χ1v) is 14.2. The van der Waals surface area contributed by atoms with Crippen molar-refractivity contribution in [1.82, 2.24) is 24.7 Å². The zero-order valence-electron chi connectivity index (χ0n) is 20.7. The number of benzene rings is 1. The molecule has 1 saturated heterocycles. The second kappa shape index (κ2) is 9.43. The highest BCUT2D eigenvalue weighted by Crippen LogP contribution is 2.35. The standard InChI is InChI=1S/C25H29N7O4S/c1-15-26-24-19(13-22(30-25(24)27-15)29-23-12-17-14-35-10-8-32(17)31-23)28-18-7-6-16(11-21(18)37(2,33)34)20-5-3-4-9-36-20/h6-7,11-13,20H,3-5,8-10,14H2,1-2H3,(H3,26,27,28,29,30,31)/t20-/m1/s1. The Bertz CT molecular complexity index is 1550. The molecule has 0 saturated carbocycles. The van der Waals surface area contributed by atoms with E-state index in [4.69, 9.17) is 9.47 Å². The first kappa shape index (κ1) is 23.9. The summed E-state index contributed by atoms with van der Waals surface area (Å²) in [6.45, 7) is 4.39. The summed E-state index contributed by atoms with van der Waals surface area (Å²) < 4.78 is 38.9. The fourth-order valence-corrected chi connectivity index (χ4v) is 5.72. The van der Waals surface area contributed by atoms with Gasteiger partial charge in [0.2, 0.25) is 0 Å². The Labute approximate surface area is 214 Å². The second-order valence-electron chi connectivity index (χ2n) is 9.51. The molecule has 4 aromatic rings. The van der Waals surface area contributed by atoms with Crippen LogP contribution >= 0.6 is 0 Å². The molecule has 3 aromatic heterocycles. The van der Waals surface area contributed by atoms with Gasteiger partial charge in [-0.2, -0.15) is 5.10 Å². The molecule has 0 unspecified atom stereocenters. The van der Waals surface area contributed by atoms with Crippen LogP contribution in [-0.2, 0) is 32.5 Å². The summed E-state index contributed by atoms with van der Waals surface area (Å²) in [5.41, 5.74) is 4.17. The van der Waals surface area contributed by atoms with Crippen LogP contribution in [0.3, 0.4) is 0 Å². The van der Waals surface area contributed by atoms with Crippen LogP contribution < -0.4 is 10.6 Å². The van der Waals surface area contributed by atoms with Crippen molar-refractivity contribution in [2.24, 2.45) is 0 Å². The summed E-state index contributed by atoms with van der Waals surface area (Å²) in [4.78, 5) is 12.6. The Morgan fingerprint density at radius 1 is 1.05 bits per heavy atom. The number of aryl methyl sites for hydroxylation is 1. The number of H-pyrrole nitrogens is 1. The third-order valence-electron chi connectivity index (χ3n) is 6.62. The number of nitrogens with one attached hydrogen (secondary N) is 3. The van der Waals surface area contributed by atoms with Gasteiger partial charge in [0, 0.05) is 25.0 Å². The Morgan fingerprint density at radius 3 is 2.73 bits per heavy atom. The third kappa shape index (κ3) is 4.91. The number of sulfone groups is 1. The highest BCUT2D eigenvalue weighted by Gasteiger charge is 2.22. The van der Waals surface area contributed by atoms with Crippen molar-refractivity contribution in [3.8, 4) is 0 Å². The Hall–Kier alpha value is -3.48. The van der Waals surface area contributed by atoms with E-state index >= 15 is 0 Å². The summed E-state index contributed by atoms with van der Waals surface area (Å²) in [6.07, 6.45) is 4.11. The molecule has 0 amide bonds. The molecule has 2 aliphatic heterocycles. The van der Waals surface area contributed by atoms with Crippen LogP contribution in [0.1, 0.15) is 42.4 Å². The maximum Gasteiger partial charge on any atom is 0.181 e. The van der Waals surface area contributed by atoms with Gasteiger partial charge < -0.3 is 25.1 Å². The number of hydrogen-bond donors (Lipinski definition) is 3. The van der Waals surface area contributed by atoms with E-state index in [0.29, 0.717) is 66.4 Å². The van der Waals surface area contributed by atoms with Crippen molar-refractivity contribution in [3.63, 3.8) is 0 Å². The highest BCUT2D eigenvalue weighted by molar-refractivity contribution is 7.90. The minimum Gasteiger partial charge on any atom is -0.374 e. The van der Waals surface area contributed by atoms with Crippen molar-refractivity contribution in [2.75, 3.05) is 30.1 Å². The molecule has 0 bridgehead atoms. The van der Waals surface area contributed by atoms with Gasteiger partial charge >= 0.3 is 0 Å². The van der Waals surface area contributed by atoms with E-state index < -0.39 is 9.84 Å². The molecular weight excluding hydrogens is 494 g/mol. The van der Waals surface area contributed by atoms with Crippen LogP contribution in [-0.4, -0.2) is 52.6 Å². The lowest BCUT2D eigenvalue weighted by molar-refractivity contribution is 0.0148. The van der Waals surface area contributed by atoms with Crippen LogP contribution in [0.25, 0.3) is 11.2 Å². The molecule has 12 heteroatoms. The van der Waals surface area contributed by atoms with E-state index in [1.807, 2.05) is 29.8 Å². The summed E-state index contributed by atoms with van der Waals surface area (Å²) in [7, 11) is -3.52. The summed E-state index contributed by atoms with van der Waals surface area (Å²) >= 11 is 0. The smallest absolute Gasteiger partial charge is 0.181 e. The molecule has 6 rings (SSSR count). The second-order valence-corrected chi connectivity index (χ2v) is 11.5. The third-order valence-corrected chi connectivity index (χ3v) is 7.76. The number of imidazole rings is 1. The van der Waals surface area contributed by atoms with E-state index in [0.717, 1.165) is 30.5 Å². The number of anilines is 4. The van der Waals surface area contributed by atoms with Crippen molar-refractivity contribution in [1.29, 1.82) is 0 Å². The number of pyridine rings is 1. The maximum atomic E-state index is 12.8. The van der Waals surface area contributed by atoms with Crippen molar-refractivity contribution >= 4 is 44.0 Å². The average molecular weight is 524 g/mol. The van der Waals surface area contributed by atoms with Gasteiger partial charge in [0.05, 0.1) is 47.8 Å². The van der Waals surface area contributed by atoms with Crippen molar-refractivity contribution < 1.29 is 17.9 Å². The molecule has 0 aliphatic carbocycles. The quantitative estimate of drug-likeness (QED) is 0.341. The minimum atomic E-state index is -3.52. The fourth-order valence-electron chi connectivity index (χ4n) is 4.85. The number of rotatable bonds is 6. The minimum absolute atomic E-state index is 0.0897. The van der Waals surface area contributed by atoms with Gasteiger partial charge in [-0.25, -0.2) is 18.4 Å². The molecule has 11 nitrogen and oxygen atoms in total. The monoisotopic (exact) mass is 523 g/mol. The van der Waals surface area contributed by atoms with Gasteiger partial charge in [-0.05, 0) is 43.9 Å². The molecule has 0 radical (unpaired) electrons. The molecule has 2 aliphatic rings. The maximum absolute atomic E-state index is 12.8. The lowest BCUT2D eigenvalue weighted by atomic mass is 10.0. The largest absolute Gasteiger partial charge is 0.374 e. The first-order chi connectivity index (χ1) is 17.8. The summed E-state index contributed by atoms with van der Waals surface area (Å²) in [5.74, 6) is 1.88. The topological polar surface area (TPSA) is 136 Å². The normalized spacial score (nSPS) is 18.1. The molecule has 1 aromatic carbocycles. The molecule has 1 atom stereocenters. The molecule has 194 valence electrons. The number of nitrogens with zero attached hydrogens (tertiary/aromatic N) is 4. The van der Waals surface area contributed by atoms with E-state index in [2.05, 4.69) is 30.7 Å². The van der Waals surface area contributed by atoms with Gasteiger partial charge in [0.1, 0.15) is 17.2 Å². The molecule has 0 spiro atoms. The van der Waals surface area contributed by atoms with Gasteiger partial charge in [0.25, 0.3) is 0 Å². The van der Waals surface area contributed by atoms with Gasteiger partial charge in [-0.1, -0.05) is 6.07 Å². The van der Waals surface area contributed by atoms with E-state index in [1.165, 1.54) is 6.26 Å². The van der Waals surface area contributed by atoms with Crippen molar-refractivity contribution in [2.45, 2.75) is 50.3 Å². The highest BCUT2D eigenvalue weighted by atomic mass is 32.2. The Kier molecular flexibility index (Phi) is 6.09. The van der Waals surface area contributed by atoms with Gasteiger partial charge in [-0.3, -0.25) is 4.68 Å². The van der Waals surface area contributed by atoms with E-state index in [-0.39, 0.29) is 11.0 Å². The Morgan fingerprint density at radius 2 is 1.95 bits per heavy atom. The van der Waals surface area contributed by atoms with Crippen LogP contribution in [0.15, 0.2) is 35.2 Å². The summed E-state index contributed by atoms with van der Waals surface area (Å²) in [6, 6.07) is 9.21. The predicted molar refractivity (Wildman–Crippen MR) is 139 cm³/mol. The first-order valence-electron chi connectivity index (χ1n) is 12.3. The molecule has 3 N–H and O–H groups in total. The van der Waals surface area contributed by atoms with Crippen LogP contribution in [0.2, 0.25) is 0 Å². The number of hydrogen-bond acceptors (Lipinski definition) is 9. The summed E-state index contributed by atoms with van der Waals surface area (Å²) in [5, 5.41) is 11.2. The van der Waals surface area contributed by atoms with Crippen LogP contribution in [0, 0.1) is 6.92 Å². The molecule has 37 heavy (non-hydrogen) atoms. The average Bonchev–Trinajstić information content (AvgIpc) is 3.46. The van der Waals surface area contributed by atoms with Crippen LogP contribution in [0.5, 0.6) is 0 Å². The van der Waals surface area contributed by atoms with Crippen LogP contribution in [0.4, 0.5) is 23.0 Å². The number of aromatic amines is 1. The lowest BCUT2D eigenvalue weighted by Crippen LogP contribution is -2.16.